The molecule has 0 aliphatic rings. The maximum atomic E-state index is 10.9. The van der Waals surface area contributed by atoms with Gasteiger partial charge in [0.1, 0.15) is 6.07 Å². The first-order valence-corrected chi connectivity index (χ1v) is 3.87. The summed E-state index contributed by atoms with van der Waals surface area (Å²) in [4.78, 5) is 14.6. The average molecular weight is 183 g/mol. The third-order valence-corrected chi connectivity index (χ3v) is 1.67. The van der Waals surface area contributed by atoms with Gasteiger partial charge >= 0.3 is 5.97 Å². The number of hydrogen-bond acceptors (Lipinski definition) is 6. The lowest BCUT2D eigenvalue weighted by molar-refractivity contribution is 0.0549. The molecule has 62 valence electrons. The first-order chi connectivity index (χ1) is 5.74. The number of rotatable bonds is 2. The van der Waals surface area contributed by atoms with E-state index in [1.807, 2.05) is 0 Å². The Balaban J connectivity index is 2.61. The lowest BCUT2D eigenvalue weighted by atomic mass is 10.5. The molecule has 1 aromatic rings. The molecule has 0 saturated heterocycles. The van der Waals surface area contributed by atoms with Crippen LogP contribution in [0.25, 0.3) is 0 Å². The van der Waals surface area contributed by atoms with Crippen molar-refractivity contribution in [2.24, 2.45) is 0 Å². The Labute approximate surface area is 72.4 Å². The fourth-order valence-corrected chi connectivity index (χ4v) is 1.09. The number of carbonyl (C=O) groups excluding carboxylic acids is 1. The monoisotopic (exact) mass is 183 g/mol. The second-order valence-corrected chi connectivity index (χ2v) is 2.69. The van der Waals surface area contributed by atoms with Gasteiger partial charge in [-0.1, -0.05) is 0 Å². The molecule has 0 aromatic carbocycles. The molecule has 5 nitrogen and oxygen atoms in total. The van der Waals surface area contributed by atoms with E-state index in [-0.39, 0.29) is 12.3 Å². The third kappa shape index (κ3) is 1.93. The van der Waals surface area contributed by atoms with Crippen molar-refractivity contribution < 1.29 is 9.53 Å². The molecular weight excluding hydrogens is 178 g/mol. The zero-order valence-corrected chi connectivity index (χ0v) is 6.80. The van der Waals surface area contributed by atoms with E-state index in [0.29, 0.717) is 5.13 Å². The van der Waals surface area contributed by atoms with Gasteiger partial charge in [-0.25, -0.2) is 9.78 Å². The molecule has 0 unspecified atom stereocenters. The second-order valence-electron chi connectivity index (χ2n) is 1.81. The second kappa shape index (κ2) is 3.69. The Hall–Kier alpha value is -1.61. The Morgan fingerprint density at radius 2 is 2.67 bits per heavy atom. The van der Waals surface area contributed by atoms with E-state index in [4.69, 9.17) is 11.0 Å². The van der Waals surface area contributed by atoms with Crippen molar-refractivity contribution in [3.8, 4) is 6.07 Å². The summed E-state index contributed by atoms with van der Waals surface area (Å²) in [6, 6.07) is 1.68. The van der Waals surface area contributed by atoms with Gasteiger partial charge in [0.05, 0.1) is 0 Å². The Morgan fingerprint density at radius 1 is 1.92 bits per heavy atom. The van der Waals surface area contributed by atoms with E-state index in [0.717, 1.165) is 11.3 Å². The number of nitriles is 1. The van der Waals surface area contributed by atoms with Crippen LogP contribution in [0.1, 0.15) is 10.5 Å². The number of nitrogens with two attached hydrogens (primary N) is 1. The van der Waals surface area contributed by atoms with Crippen LogP contribution < -0.4 is 5.73 Å². The minimum Gasteiger partial charge on any atom is -0.446 e. The number of ether oxygens (including phenoxy) is 1. The summed E-state index contributed by atoms with van der Waals surface area (Å²) in [5.74, 6) is -0.621. The molecule has 0 aliphatic carbocycles. The molecule has 0 amide bonds. The van der Waals surface area contributed by atoms with Gasteiger partial charge in [0.25, 0.3) is 0 Å². The van der Waals surface area contributed by atoms with Crippen molar-refractivity contribution in [1.29, 1.82) is 5.26 Å². The van der Waals surface area contributed by atoms with Gasteiger partial charge in [0.15, 0.2) is 17.4 Å². The number of nitrogens with zero attached hydrogens (tertiary/aromatic N) is 2. The Kier molecular flexibility index (Phi) is 2.61. The summed E-state index contributed by atoms with van der Waals surface area (Å²) in [6.07, 6.45) is 0. The van der Waals surface area contributed by atoms with Gasteiger partial charge in [0.2, 0.25) is 0 Å². The van der Waals surface area contributed by atoms with Crippen LogP contribution in [0.4, 0.5) is 5.13 Å². The molecule has 1 rings (SSSR count). The Morgan fingerprint density at radius 3 is 3.17 bits per heavy atom. The minimum absolute atomic E-state index is 0.146. The van der Waals surface area contributed by atoms with Crippen molar-refractivity contribution in [2.45, 2.75) is 0 Å². The van der Waals surface area contributed by atoms with Gasteiger partial charge in [-0.15, -0.1) is 11.3 Å². The van der Waals surface area contributed by atoms with E-state index in [9.17, 15) is 4.79 Å². The fraction of sp³-hybridized carbons (Fsp3) is 0.167. The molecule has 0 fully saturated rings. The molecule has 1 heterocycles. The zero-order chi connectivity index (χ0) is 8.97. The number of thiazole rings is 1. The molecule has 0 aliphatic heterocycles. The lowest BCUT2D eigenvalue weighted by Crippen LogP contribution is -2.05. The van der Waals surface area contributed by atoms with Crippen molar-refractivity contribution in [3.63, 3.8) is 0 Å². The summed E-state index contributed by atoms with van der Waals surface area (Å²) in [6.45, 7) is -0.268. The lowest BCUT2D eigenvalue weighted by Gasteiger charge is -1.93. The van der Waals surface area contributed by atoms with Crippen molar-refractivity contribution in [2.75, 3.05) is 12.3 Å². The molecule has 0 atom stereocenters. The Bertz CT molecular complexity index is 328. The molecule has 0 bridgehead atoms. The molecule has 0 spiro atoms. The largest absolute Gasteiger partial charge is 0.446 e. The highest BCUT2D eigenvalue weighted by molar-refractivity contribution is 7.13. The number of carbonyl (C=O) groups is 1. The molecule has 6 heteroatoms. The zero-order valence-electron chi connectivity index (χ0n) is 5.98. The van der Waals surface area contributed by atoms with Gasteiger partial charge < -0.3 is 10.5 Å². The van der Waals surface area contributed by atoms with Crippen molar-refractivity contribution in [3.05, 3.63) is 11.1 Å². The van der Waals surface area contributed by atoms with E-state index < -0.39 is 5.97 Å². The number of aromatic nitrogens is 1. The first-order valence-electron chi connectivity index (χ1n) is 2.99. The van der Waals surface area contributed by atoms with E-state index in [2.05, 4.69) is 9.72 Å². The van der Waals surface area contributed by atoms with Crippen LogP contribution in [0, 0.1) is 11.3 Å². The quantitative estimate of drug-likeness (QED) is 0.670. The normalized spacial score (nSPS) is 8.92. The van der Waals surface area contributed by atoms with Crippen molar-refractivity contribution >= 4 is 22.4 Å². The van der Waals surface area contributed by atoms with E-state index in [1.165, 1.54) is 5.38 Å². The predicted octanol–water partition coefficient (Wildman–Crippen LogP) is 0.406. The number of hydrogen-bond donors (Lipinski definition) is 1. The predicted molar refractivity (Wildman–Crippen MR) is 42.4 cm³/mol. The summed E-state index contributed by atoms with van der Waals surface area (Å²) in [5.41, 5.74) is 5.43. The van der Waals surface area contributed by atoms with Gasteiger partial charge in [-0.05, 0) is 0 Å². The number of esters is 1. The van der Waals surface area contributed by atoms with Crippen molar-refractivity contribution in [1.82, 2.24) is 4.98 Å². The highest BCUT2D eigenvalue weighted by atomic mass is 32.1. The smallest absolute Gasteiger partial charge is 0.358 e. The van der Waals surface area contributed by atoms with Crippen LogP contribution in [-0.2, 0) is 4.74 Å². The molecule has 0 radical (unpaired) electrons. The summed E-state index contributed by atoms with van der Waals surface area (Å²) < 4.78 is 4.48. The van der Waals surface area contributed by atoms with Crippen LogP contribution in [-0.4, -0.2) is 17.6 Å². The number of nitrogen functional groups attached to an aromatic ring is 1. The molecule has 2 N–H and O–H groups in total. The van der Waals surface area contributed by atoms with Crippen LogP contribution in [0.2, 0.25) is 0 Å². The fourth-order valence-electron chi connectivity index (χ4n) is 0.553. The van der Waals surface area contributed by atoms with Crippen LogP contribution in [0.5, 0.6) is 0 Å². The van der Waals surface area contributed by atoms with Crippen LogP contribution in [0.3, 0.4) is 0 Å². The third-order valence-electron chi connectivity index (χ3n) is 0.999. The van der Waals surface area contributed by atoms with Gasteiger partial charge in [0, 0.05) is 5.38 Å². The maximum absolute atomic E-state index is 10.9. The summed E-state index contributed by atoms with van der Waals surface area (Å²) in [7, 11) is 0. The molecule has 1 aromatic heterocycles. The molecule has 0 saturated carbocycles. The van der Waals surface area contributed by atoms with E-state index >= 15 is 0 Å². The van der Waals surface area contributed by atoms with Gasteiger partial charge in [-0.3, -0.25) is 0 Å². The molecule has 12 heavy (non-hydrogen) atoms. The topological polar surface area (TPSA) is 89.0 Å². The standard InChI is InChI=1S/C6H5N3O2S/c7-1-2-11-5(10)4-3-12-6(8)9-4/h3H,2H2,(H2,8,9). The summed E-state index contributed by atoms with van der Waals surface area (Å²) >= 11 is 1.15. The van der Waals surface area contributed by atoms with Crippen LogP contribution >= 0.6 is 11.3 Å². The van der Waals surface area contributed by atoms with Gasteiger partial charge in [-0.2, -0.15) is 5.26 Å². The minimum atomic E-state index is -0.621. The highest BCUT2D eigenvalue weighted by Gasteiger charge is 2.09. The molecular formula is C6H5N3O2S. The average Bonchev–Trinajstić information content (AvgIpc) is 2.47. The van der Waals surface area contributed by atoms with E-state index in [1.54, 1.807) is 6.07 Å². The summed E-state index contributed by atoms with van der Waals surface area (Å²) in [5, 5.41) is 9.88. The highest BCUT2D eigenvalue weighted by Crippen LogP contribution is 2.11. The van der Waals surface area contributed by atoms with Crippen LogP contribution in [0.15, 0.2) is 5.38 Å². The maximum Gasteiger partial charge on any atom is 0.358 e. The number of anilines is 1. The SMILES string of the molecule is N#CCOC(=O)c1csc(N)n1. The first kappa shape index (κ1) is 8.49.